The molecule has 0 aromatic rings. The van der Waals surface area contributed by atoms with Gasteiger partial charge in [0.2, 0.25) is 0 Å². The maximum atomic E-state index is 9.89. The predicted molar refractivity (Wildman–Crippen MR) is 63.3 cm³/mol. The smallest absolute Gasteiger partial charge is 0.0569 e. The second-order valence-electron chi connectivity index (χ2n) is 4.40. The second kappa shape index (κ2) is 5.38. The van der Waals surface area contributed by atoms with Crippen LogP contribution in [0, 0.1) is 5.41 Å². The summed E-state index contributed by atoms with van der Waals surface area (Å²) in [6, 6.07) is 0. The van der Waals surface area contributed by atoms with Crippen LogP contribution in [0.25, 0.3) is 0 Å². The van der Waals surface area contributed by atoms with Crippen LogP contribution in [0.1, 0.15) is 39.5 Å². The normalized spacial score (nSPS) is 24.9. The van der Waals surface area contributed by atoms with Gasteiger partial charge in [-0.15, -0.1) is 0 Å². The summed E-state index contributed by atoms with van der Waals surface area (Å²) in [5.41, 5.74) is 0.209. The zero-order valence-corrected chi connectivity index (χ0v) is 10.4. The molecule has 1 aliphatic rings. The highest BCUT2D eigenvalue weighted by Crippen LogP contribution is 2.40. The van der Waals surface area contributed by atoms with E-state index in [-0.39, 0.29) is 11.5 Å². The summed E-state index contributed by atoms with van der Waals surface area (Å²) in [5.74, 6) is 0. The molecule has 1 heterocycles. The zero-order valence-electron chi connectivity index (χ0n) is 9.62. The van der Waals surface area contributed by atoms with Gasteiger partial charge in [0.05, 0.1) is 6.10 Å². The number of aliphatic hydroxyl groups excluding tert-OH is 1. The minimum Gasteiger partial charge on any atom is -0.393 e. The third-order valence-corrected chi connectivity index (χ3v) is 4.49. The molecule has 0 spiro atoms. The summed E-state index contributed by atoms with van der Waals surface area (Å²) in [5, 5.41) is 9.89. The SMILES string of the molecule is CCCC1(C(C)O)CCN(SC)CC1. The van der Waals surface area contributed by atoms with E-state index in [2.05, 4.69) is 17.5 Å². The monoisotopic (exact) mass is 217 g/mol. The molecule has 1 saturated heterocycles. The molecule has 0 radical (unpaired) electrons. The molecule has 3 heteroatoms. The van der Waals surface area contributed by atoms with Crippen LogP contribution in [-0.2, 0) is 0 Å². The highest BCUT2D eigenvalue weighted by atomic mass is 32.2. The van der Waals surface area contributed by atoms with Crippen molar-refractivity contribution < 1.29 is 5.11 Å². The number of hydrogen-bond donors (Lipinski definition) is 1. The quantitative estimate of drug-likeness (QED) is 0.732. The van der Waals surface area contributed by atoms with Gasteiger partial charge >= 0.3 is 0 Å². The van der Waals surface area contributed by atoms with Crippen molar-refractivity contribution in [3.8, 4) is 0 Å². The van der Waals surface area contributed by atoms with E-state index in [1.165, 1.54) is 12.8 Å². The van der Waals surface area contributed by atoms with Gasteiger partial charge in [0.25, 0.3) is 0 Å². The number of nitrogens with zero attached hydrogens (tertiary/aromatic N) is 1. The van der Waals surface area contributed by atoms with Gasteiger partial charge in [-0.2, -0.15) is 0 Å². The average molecular weight is 217 g/mol. The fourth-order valence-electron chi connectivity index (χ4n) is 2.49. The summed E-state index contributed by atoms with van der Waals surface area (Å²) < 4.78 is 2.40. The maximum Gasteiger partial charge on any atom is 0.0569 e. The average Bonchev–Trinajstić information content (AvgIpc) is 2.19. The van der Waals surface area contributed by atoms with E-state index >= 15 is 0 Å². The maximum absolute atomic E-state index is 9.89. The Hall–Kier alpha value is 0.270. The molecule has 2 nitrogen and oxygen atoms in total. The van der Waals surface area contributed by atoms with Crippen LogP contribution in [0.15, 0.2) is 0 Å². The van der Waals surface area contributed by atoms with Crippen LogP contribution in [0.5, 0.6) is 0 Å². The van der Waals surface area contributed by atoms with Gasteiger partial charge in [0.15, 0.2) is 0 Å². The van der Waals surface area contributed by atoms with Crippen LogP contribution >= 0.6 is 11.9 Å². The highest BCUT2D eigenvalue weighted by Gasteiger charge is 2.37. The third kappa shape index (κ3) is 2.65. The van der Waals surface area contributed by atoms with Crippen molar-refractivity contribution >= 4 is 11.9 Å². The molecule has 1 aliphatic heterocycles. The fourth-order valence-corrected chi connectivity index (χ4v) is 3.04. The molecular formula is C11H23NOS. The Morgan fingerprint density at radius 3 is 2.36 bits per heavy atom. The van der Waals surface area contributed by atoms with Crippen molar-refractivity contribution in [3.05, 3.63) is 0 Å². The molecule has 1 N–H and O–H groups in total. The van der Waals surface area contributed by atoms with Crippen LogP contribution in [0.2, 0.25) is 0 Å². The first-order valence-electron chi connectivity index (χ1n) is 5.62. The van der Waals surface area contributed by atoms with E-state index in [4.69, 9.17) is 0 Å². The molecule has 0 amide bonds. The van der Waals surface area contributed by atoms with E-state index < -0.39 is 0 Å². The summed E-state index contributed by atoms with van der Waals surface area (Å²) in [4.78, 5) is 0. The van der Waals surface area contributed by atoms with E-state index in [1.54, 1.807) is 0 Å². The fraction of sp³-hybridized carbons (Fsp3) is 1.00. The lowest BCUT2D eigenvalue weighted by atomic mass is 9.71. The highest BCUT2D eigenvalue weighted by molar-refractivity contribution is 7.96. The van der Waals surface area contributed by atoms with Crippen LogP contribution in [0.3, 0.4) is 0 Å². The lowest BCUT2D eigenvalue weighted by Gasteiger charge is -2.43. The van der Waals surface area contributed by atoms with Gasteiger partial charge in [-0.25, -0.2) is 0 Å². The van der Waals surface area contributed by atoms with E-state index in [9.17, 15) is 5.11 Å². The minimum atomic E-state index is -0.147. The molecule has 1 unspecified atom stereocenters. The molecule has 0 aromatic carbocycles. The number of aliphatic hydroxyl groups is 1. The number of hydrogen-bond acceptors (Lipinski definition) is 3. The Kier molecular flexibility index (Phi) is 4.74. The molecule has 0 aromatic heterocycles. The Morgan fingerprint density at radius 1 is 1.43 bits per heavy atom. The largest absolute Gasteiger partial charge is 0.393 e. The summed E-state index contributed by atoms with van der Waals surface area (Å²) >= 11 is 1.83. The molecule has 0 bridgehead atoms. The molecular weight excluding hydrogens is 194 g/mol. The predicted octanol–water partition coefficient (Wildman–Crippen LogP) is 2.53. The lowest BCUT2D eigenvalue weighted by Crippen LogP contribution is -2.43. The molecule has 84 valence electrons. The topological polar surface area (TPSA) is 23.5 Å². The summed E-state index contributed by atoms with van der Waals surface area (Å²) in [6.07, 6.45) is 6.65. The molecule has 0 saturated carbocycles. The van der Waals surface area contributed by atoms with Crippen molar-refractivity contribution in [2.24, 2.45) is 5.41 Å². The van der Waals surface area contributed by atoms with E-state index in [0.29, 0.717) is 0 Å². The first-order chi connectivity index (χ1) is 6.64. The summed E-state index contributed by atoms with van der Waals surface area (Å²) in [7, 11) is 0. The Morgan fingerprint density at radius 2 is 2.00 bits per heavy atom. The second-order valence-corrected chi connectivity index (χ2v) is 5.28. The number of rotatable bonds is 4. The van der Waals surface area contributed by atoms with Gasteiger partial charge in [0, 0.05) is 13.1 Å². The first-order valence-corrected chi connectivity index (χ1v) is 6.80. The molecule has 0 aliphatic carbocycles. The zero-order chi connectivity index (χ0) is 10.6. The van der Waals surface area contributed by atoms with Crippen LogP contribution in [-0.4, -0.2) is 34.9 Å². The van der Waals surface area contributed by atoms with Crippen LogP contribution < -0.4 is 0 Å². The van der Waals surface area contributed by atoms with Gasteiger partial charge in [-0.1, -0.05) is 25.3 Å². The Balaban J connectivity index is 2.55. The van der Waals surface area contributed by atoms with Gasteiger partial charge in [-0.3, -0.25) is 4.31 Å². The standard InChI is InChI=1S/C11H23NOS/c1-4-5-11(10(2)13)6-8-12(14-3)9-7-11/h10,13H,4-9H2,1-3H3. The molecule has 1 fully saturated rings. The van der Waals surface area contributed by atoms with Crippen molar-refractivity contribution in [1.29, 1.82) is 0 Å². The van der Waals surface area contributed by atoms with Gasteiger partial charge < -0.3 is 5.11 Å². The molecule has 1 rings (SSSR count). The van der Waals surface area contributed by atoms with E-state index in [0.717, 1.165) is 25.9 Å². The first kappa shape index (κ1) is 12.3. The number of piperidine rings is 1. The van der Waals surface area contributed by atoms with Crippen molar-refractivity contribution in [2.75, 3.05) is 19.3 Å². The minimum absolute atomic E-state index is 0.147. The Bertz CT molecular complexity index is 165. The Labute approximate surface area is 92.2 Å². The summed E-state index contributed by atoms with van der Waals surface area (Å²) in [6.45, 7) is 6.44. The van der Waals surface area contributed by atoms with Crippen molar-refractivity contribution in [2.45, 2.75) is 45.6 Å². The van der Waals surface area contributed by atoms with Crippen molar-refractivity contribution in [1.82, 2.24) is 4.31 Å². The third-order valence-electron chi connectivity index (χ3n) is 3.61. The molecule has 14 heavy (non-hydrogen) atoms. The van der Waals surface area contributed by atoms with E-state index in [1.807, 2.05) is 18.9 Å². The van der Waals surface area contributed by atoms with Crippen LogP contribution in [0.4, 0.5) is 0 Å². The van der Waals surface area contributed by atoms with Crippen molar-refractivity contribution in [3.63, 3.8) is 0 Å². The molecule has 1 atom stereocenters. The lowest BCUT2D eigenvalue weighted by molar-refractivity contribution is -0.00467. The van der Waals surface area contributed by atoms with Gasteiger partial charge in [-0.05, 0) is 37.9 Å². The van der Waals surface area contributed by atoms with Gasteiger partial charge in [0.1, 0.15) is 0 Å².